The summed E-state index contributed by atoms with van der Waals surface area (Å²) >= 11 is 0. The van der Waals surface area contributed by atoms with Crippen molar-refractivity contribution in [2.45, 2.75) is 25.0 Å². The van der Waals surface area contributed by atoms with Crippen molar-refractivity contribution in [2.75, 3.05) is 26.4 Å². The van der Waals surface area contributed by atoms with Gasteiger partial charge in [0.05, 0.1) is 32.0 Å². The summed E-state index contributed by atoms with van der Waals surface area (Å²) in [7, 11) is 0. The van der Waals surface area contributed by atoms with Gasteiger partial charge >= 0.3 is 0 Å². The van der Waals surface area contributed by atoms with Gasteiger partial charge in [-0.3, -0.25) is 4.79 Å². The highest BCUT2D eigenvalue weighted by Gasteiger charge is 2.44. The van der Waals surface area contributed by atoms with E-state index in [1.807, 2.05) is 17.0 Å². The molecule has 1 amide bonds. The summed E-state index contributed by atoms with van der Waals surface area (Å²) in [5.74, 6) is 0.445. The molecule has 1 N–H and O–H groups in total. The van der Waals surface area contributed by atoms with E-state index in [1.54, 1.807) is 12.3 Å². The average Bonchev–Trinajstić information content (AvgIpc) is 3.16. The van der Waals surface area contributed by atoms with Gasteiger partial charge in [-0.2, -0.15) is 0 Å². The lowest BCUT2D eigenvalue weighted by atomic mass is 10.0. The average molecular weight is 290 g/mol. The largest absolute Gasteiger partial charge is 0.377 e. The quantitative estimate of drug-likeness (QED) is 0.665. The van der Waals surface area contributed by atoms with Crippen LogP contribution in [0.15, 0.2) is 31.0 Å². The highest BCUT2D eigenvalue weighted by molar-refractivity contribution is 5.92. The summed E-state index contributed by atoms with van der Waals surface area (Å²) in [5, 5.41) is 0. The Balaban J connectivity index is 1.66. The third-order valence-electron chi connectivity index (χ3n) is 4.38. The van der Waals surface area contributed by atoms with Gasteiger partial charge in [0.15, 0.2) is 0 Å². The van der Waals surface area contributed by atoms with Crippen LogP contribution in [-0.4, -0.2) is 54.3 Å². The maximum absolute atomic E-state index is 12.6. The van der Waals surface area contributed by atoms with E-state index in [1.165, 1.54) is 0 Å². The molecule has 1 aliphatic carbocycles. The van der Waals surface area contributed by atoms with E-state index in [0.29, 0.717) is 38.0 Å². The summed E-state index contributed by atoms with van der Waals surface area (Å²) in [4.78, 5) is 17.5. The van der Waals surface area contributed by atoms with Crippen LogP contribution in [0, 0.1) is 5.92 Å². The Hall–Kier alpha value is -1.59. The van der Waals surface area contributed by atoms with Crippen LogP contribution in [0.1, 0.15) is 23.3 Å². The second-order valence-electron chi connectivity index (χ2n) is 5.65. The number of aromatic nitrogens is 1. The molecule has 2 heterocycles. The number of rotatable bonds is 5. The molecule has 3 unspecified atom stereocenters. The van der Waals surface area contributed by atoms with Gasteiger partial charge < -0.3 is 19.4 Å². The number of hydrogen-bond acceptors (Lipinski definition) is 3. The van der Waals surface area contributed by atoms with E-state index in [-0.39, 0.29) is 18.1 Å². The lowest BCUT2D eigenvalue weighted by Crippen LogP contribution is -2.53. The zero-order chi connectivity index (χ0) is 14.7. The van der Waals surface area contributed by atoms with E-state index in [2.05, 4.69) is 11.6 Å². The van der Waals surface area contributed by atoms with Crippen molar-refractivity contribution in [3.63, 3.8) is 0 Å². The lowest BCUT2D eigenvalue weighted by Gasteiger charge is -2.39. The van der Waals surface area contributed by atoms with Crippen molar-refractivity contribution in [3.8, 4) is 0 Å². The van der Waals surface area contributed by atoms with Gasteiger partial charge in [-0.05, 0) is 25.0 Å². The van der Waals surface area contributed by atoms with Gasteiger partial charge in [-0.15, -0.1) is 6.58 Å². The van der Waals surface area contributed by atoms with Gasteiger partial charge in [-0.25, -0.2) is 0 Å². The number of nitrogens with zero attached hydrogens (tertiary/aromatic N) is 1. The summed E-state index contributed by atoms with van der Waals surface area (Å²) < 4.78 is 11.5. The molecule has 114 valence electrons. The number of amides is 1. The molecule has 2 fully saturated rings. The molecule has 0 spiro atoms. The van der Waals surface area contributed by atoms with Crippen LogP contribution < -0.4 is 0 Å². The SMILES string of the molecule is C=CCOCC1CCC2C1OCCN2C(=O)c1ccc[nH]1. The van der Waals surface area contributed by atoms with Gasteiger partial charge in [0, 0.05) is 18.7 Å². The minimum absolute atomic E-state index is 0.0750. The molecule has 0 radical (unpaired) electrons. The Kier molecular flexibility index (Phi) is 4.41. The van der Waals surface area contributed by atoms with Crippen LogP contribution in [0.25, 0.3) is 0 Å². The highest BCUT2D eigenvalue weighted by Crippen LogP contribution is 2.35. The zero-order valence-electron chi connectivity index (χ0n) is 12.2. The molecule has 1 aromatic heterocycles. The first-order valence-electron chi connectivity index (χ1n) is 7.56. The Bertz CT molecular complexity index is 486. The molecule has 3 atom stereocenters. The van der Waals surface area contributed by atoms with Gasteiger partial charge in [-0.1, -0.05) is 6.08 Å². The highest BCUT2D eigenvalue weighted by atomic mass is 16.5. The maximum atomic E-state index is 12.6. The van der Waals surface area contributed by atoms with Gasteiger partial charge in [0.2, 0.25) is 0 Å². The Labute approximate surface area is 124 Å². The molecule has 0 aromatic carbocycles. The minimum atomic E-state index is 0.0750. The molecule has 1 saturated carbocycles. The lowest BCUT2D eigenvalue weighted by molar-refractivity contribution is -0.0739. The van der Waals surface area contributed by atoms with Crippen molar-refractivity contribution in [1.29, 1.82) is 0 Å². The normalized spacial score (nSPS) is 28.4. The third-order valence-corrected chi connectivity index (χ3v) is 4.38. The standard InChI is InChI=1S/C16H22N2O3/c1-2-9-20-11-12-5-6-14-15(12)21-10-8-18(14)16(19)13-4-3-7-17-13/h2-4,7,12,14-15,17H,1,5-6,8-11H2. The topological polar surface area (TPSA) is 54.6 Å². The molecule has 1 aliphatic heterocycles. The maximum Gasteiger partial charge on any atom is 0.270 e. The number of carbonyl (C=O) groups excluding carboxylic acids is 1. The fourth-order valence-corrected chi connectivity index (χ4v) is 3.41. The molecule has 3 rings (SSSR count). The first-order chi connectivity index (χ1) is 10.3. The van der Waals surface area contributed by atoms with Crippen LogP contribution in [0.5, 0.6) is 0 Å². The number of aromatic amines is 1. The van der Waals surface area contributed by atoms with E-state index in [0.717, 1.165) is 12.8 Å². The minimum Gasteiger partial charge on any atom is -0.377 e. The van der Waals surface area contributed by atoms with Crippen molar-refractivity contribution in [2.24, 2.45) is 5.92 Å². The van der Waals surface area contributed by atoms with Crippen LogP contribution in [0.3, 0.4) is 0 Å². The summed E-state index contributed by atoms with van der Waals surface area (Å²) in [6, 6.07) is 3.85. The number of ether oxygens (including phenoxy) is 2. The Morgan fingerprint density at radius 3 is 3.24 bits per heavy atom. The summed E-state index contributed by atoms with van der Waals surface area (Å²) in [6.07, 6.45) is 5.67. The smallest absolute Gasteiger partial charge is 0.270 e. The summed E-state index contributed by atoms with van der Waals surface area (Å²) in [6.45, 7) is 6.17. The molecule has 5 heteroatoms. The summed E-state index contributed by atoms with van der Waals surface area (Å²) in [5.41, 5.74) is 0.655. The fraction of sp³-hybridized carbons (Fsp3) is 0.562. The van der Waals surface area contributed by atoms with Crippen molar-refractivity contribution >= 4 is 5.91 Å². The van der Waals surface area contributed by atoms with Crippen molar-refractivity contribution < 1.29 is 14.3 Å². The predicted molar refractivity (Wildman–Crippen MR) is 79.1 cm³/mol. The number of fused-ring (bicyclic) bond motifs is 1. The van der Waals surface area contributed by atoms with E-state index >= 15 is 0 Å². The third kappa shape index (κ3) is 2.89. The first kappa shape index (κ1) is 14.4. The monoisotopic (exact) mass is 290 g/mol. The van der Waals surface area contributed by atoms with Crippen LogP contribution >= 0.6 is 0 Å². The predicted octanol–water partition coefficient (Wildman–Crippen LogP) is 1.84. The van der Waals surface area contributed by atoms with Crippen LogP contribution in [0.4, 0.5) is 0 Å². The molecular weight excluding hydrogens is 268 g/mol. The van der Waals surface area contributed by atoms with E-state index < -0.39 is 0 Å². The van der Waals surface area contributed by atoms with Gasteiger partial charge in [0.1, 0.15) is 5.69 Å². The van der Waals surface area contributed by atoms with Crippen LogP contribution in [-0.2, 0) is 9.47 Å². The molecule has 2 aliphatic rings. The Morgan fingerprint density at radius 2 is 2.48 bits per heavy atom. The van der Waals surface area contributed by atoms with Gasteiger partial charge in [0.25, 0.3) is 5.91 Å². The molecule has 5 nitrogen and oxygen atoms in total. The number of nitrogens with one attached hydrogen (secondary N) is 1. The number of carbonyl (C=O) groups is 1. The molecule has 21 heavy (non-hydrogen) atoms. The Morgan fingerprint density at radius 1 is 1.57 bits per heavy atom. The zero-order valence-corrected chi connectivity index (χ0v) is 12.2. The number of hydrogen-bond donors (Lipinski definition) is 1. The van der Waals surface area contributed by atoms with Crippen molar-refractivity contribution in [3.05, 3.63) is 36.7 Å². The second-order valence-corrected chi connectivity index (χ2v) is 5.65. The van der Waals surface area contributed by atoms with E-state index in [4.69, 9.17) is 9.47 Å². The van der Waals surface area contributed by atoms with Crippen molar-refractivity contribution in [1.82, 2.24) is 9.88 Å². The molecule has 0 bridgehead atoms. The molecular formula is C16H22N2O3. The van der Waals surface area contributed by atoms with E-state index in [9.17, 15) is 4.79 Å². The number of H-pyrrole nitrogens is 1. The molecule has 1 saturated heterocycles. The molecule has 1 aromatic rings. The second kappa shape index (κ2) is 6.45. The van der Waals surface area contributed by atoms with Crippen LogP contribution in [0.2, 0.25) is 0 Å². The fourth-order valence-electron chi connectivity index (χ4n) is 3.41. The first-order valence-corrected chi connectivity index (χ1v) is 7.56. The number of morpholine rings is 1.